The van der Waals surface area contributed by atoms with E-state index in [1.807, 2.05) is 12.3 Å². The largest absolute Gasteiger partial charge is 3.00 e. The Morgan fingerprint density at radius 1 is 0.875 bits per heavy atom. The molecule has 0 atom stereocenters. The van der Waals surface area contributed by atoms with Gasteiger partial charge < -0.3 is 24.8 Å². The topological polar surface area (TPSA) is 12.9 Å². The number of halogens is 2. The van der Waals surface area contributed by atoms with Crippen molar-refractivity contribution in [2.45, 2.75) is 13.3 Å². The molecule has 1 heterocycles. The molecule has 4 heteroatoms. The zero-order valence-electron chi connectivity index (χ0n) is 13.2. The van der Waals surface area contributed by atoms with Crippen LogP contribution in [0.4, 0.5) is 0 Å². The fraction of sp³-hybridized carbons (Fsp3) is 0.100. The molecular formula is C20H16Cl2CrN. The van der Waals surface area contributed by atoms with Gasteiger partial charge in [0.15, 0.2) is 0 Å². The molecule has 4 rings (SSSR count). The second kappa shape index (κ2) is 8.61. The molecule has 1 nitrogen and oxygen atoms in total. The average molecular weight is 393 g/mol. The van der Waals surface area contributed by atoms with Gasteiger partial charge in [-0.2, -0.15) is 0 Å². The van der Waals surface area contributed by atoms with Crippen molar-refractivity contribution in [3.8, 4) is 11.1 Å². The summed E-state index contributed by atoms with van der Waals surface area (Å²) in [5.74, 6) is 0. The molecular weight excluding hydrogens is 377 g/mol. The van der Waals surface area contributed by atoms with Crippen LogP contribution in [0.3, 0.4) is 0 Å². The number of rotatable bonds is 2. The third-order valence-corrected chi connectivity index (χ3v) is 4.16. The molecule has 0 amide bonds. The first-order chi connectivity index (χ1) is 10.4. The number of nitrogens with zero attached hydrogens (tertiary/aromatic N) is 1. The molecule has 0 saturated heterocycles. The summed E-state index contributed by atoms with van der Waals surface area (Å²) in [7, 11) is 0. The van der Waals surface area contributed by atoms with Crippen molar-refractivity contribution in [3.05, 3.63) is 72.4 Å². The Morgan fingerprint density at radius 2 is 1.58 bits per heavy atom. The van der Waals surface area contributed by atoms with Crippen molar-refractivity contribution in [2.24, 2.45) is 0 Å². The first-order valence-corrected chi connectivity index (χ1v) is 7.40. The Kier molecular flexibility index (Phi) is 7.39. The normalized spacial score (nSPS) is 9.88. The molecule has 0 N–H and O–H groups in total. The Bertz CT molecular complexity index is 941. The first kappa shape index (κ1) is 20.6. The number of aromatic nitrogens is 1. The molecule has 0 aliphatic rings. The fourth-order valence-corrected chi connectivity index (χ4v) is 3.19. The van der Waals surface area contributed by atoms with Crippen LogP contribution >= 0.6 is 0 Å². The van der Waals surface area contributed by atoms with Gasteiger partial charge >= 0.3 is 17.4 Å². The van der Waals surface area contributed by atoms with Gasteiger partial charge in [0, 0.05) is 11.7 Å². The van der Waals surface area contributed by atoms with E-state index in [0.29, 0.717) is 0 Å². The number of hydrogen-bond donors (Lipinski definition) is 0. The molecule has 0 fully saturated rings. The van der Waals surface area contributed by atoms with E-state index in [1.54, 1.807) is 0 Å². The zero-order valence-corrected chi connectivity index (χ0v) is 16.0. The Hall–Kier alpha value is -1.43. The molecule has 4 aromatic rings. The van der Waals surface area contributed by atoms with Crippen LogP contribution in [0.1, 0.15) is 12.5 Å². The number of aryl methyl sites for hydroxylation is 1. The van der Waals surface area contributed by atoms with E-state index in [2.05, 4.69) is 66.5 Å². The van der Waals surface area contributed by atoms with Crippen LogP contribution in [0.25, 0.3) is 32.8 Å². The Morgan fingerprint density at radius 3 is 2.38 bits per heavy atom. The van der Waals surface area contributed by atoms with Gasteiger partial charge in [0.1, 0.15) is 0 Å². The molecule has 1 radical (unpaired) electrons. The second-order valence-corrected chi connectivity index (χ2v) is 5.37. The van der Waals surface area contributed by atoms with Crippen LogP contribution in [0.2, 0.25) is 0 Å². The van der Waals surface area contributed by atoms with E-state index in [4.69, 9.17) is 0 Å². The maximum atomic E-state index is 4.62. The average Bonchev–Trinajstić information content (AvgIpc) is 2.92. The molecule has 0 aliphatic carbocycles. The molecule has 121 valence electrons. The van der Waals surface area contributed by atoms with Gasteiger partial charge in [-0.15, -0.1) is 23.8 Å². The van der Waals surface area contributed by atoms with E-state index >= 15 is 0 Å². The third kappa shape index (κ3) is 3.34. The van der Waals surface area contributed by atoms with Crippen molar-refractivity contribution >= 4 is 21.7 Å². The van der Waals surface area contributed by atoms with E-state index in [0.717, 1.165) is 11.9 Å². The quantitative estimate of drug-likeness (QED) is 0.413. The van der Waals surface area contributed by atoms with Gasteiger partial charge in [-0.1, -0.05) is 65.2 Å². The van der Waals surface area contributed by atoms with Crippen LogP contribution in [-0.4, -0.2) is 4.98 Å². The number of pyridine rings is 1. The first-order valence-electron chi connectivity index (χ1n) is 7.40. The third-order valence-electron chi connectivity index (χ3n) is 4.16. The van der Waals surface area contributed by atoms with Crippen molar-refractivity contribution in [3.63, 3.8) is 0 Å². The van der Waals surface area contributed by atoms with Crippen LogP contribution in [0.15, 0.2) is 66.9 Å². The Balaban J connectivity index is 0.000000960. The minimum Gasteiger partial charge on any atom is -1.00 e. The van der Waals surface area contributed by atoms with E-state index in [-0.39, 0.29) is 42.2 Å². The van der Waals surface area contributed by atoms with Crippen LogP contribution < -0.4 is 24.8 Å². The standard InChI is InChI=1S/C20H16N.2ClH.Cr/c1-2-14-13-16-7-3-4-10-17(16)19(14)18-11-5-8-15-9-6-12-21-20(15)18;;;/h3-13H,2H2,1H3;2*1H;/q-1;;;+3/p-2. The molecule has 0 bridgehead atoms. The van der Waals surface area contributed by atoms with Crippen molar-refractivity contribution in [1.82, 2.24) is 4.98 Å². The number of hydrogen-bond acceptors (Lipinski definition) is 1. The van der Waals surface area contributed by atoms with Gasteiger partial charge in [-0.25, -0.2) is 0 Å². The fourth-order valence-electron chi connectivity index (χ4n) is 3.19. The monoisotopic (exact) mass is 392 g/mol. The molecule has 0 spiro atoms. The summed E-state index contributed by atoms with van der Waals surface area (Å²) < 4.78 is 0. The van der Waals surface area contributed by atoms with Gasteiger partial charge in [-0.3, -0.25) is 4.98 Å². The predicted molar refractivity (Wildman–Crippen MR) is 89.7 cm³/mol. The second-order valence-electron chi connectivity index (χ2n) is 5.37. The molecule has 1 aromatic heterocycles. The number of benzene rings is 2. The molecule has 0 aliphatic heterocycles. The molecule has 3 aromatic carbocycles. The summed E-state index contributed by atoms with van der Waals surface area (Å²) in [6, 6.07) is 21.5. The molecule has 0 saturated carbocycles. The summed E-state index contributed by atoms with van der Waals surface area (Å²) in [6.07, 6.45) is 2.91. The van der Waals surface area contributed by atoms with Gasteiger partial charge in [0.05, 0.1) is 0 Å². The van der Waals surface area contributed by atoms with E-state index < -0.39 is 0 Å². The summed E-state index contributed by atoms with van der Waals surface area (Å²) in [4.78, 5) is 4.62. The molecule has 0 unspecified atom stereocenters. The summed E-state index contributed by atoms with van der Waals surface area (Å²) in [6.45, 7) is 2.22. The molecule has 24 heavy (non-hydrogen) atoms. The summed E-state index contributed by atoms with van der Waals surface area (Å²) in [5.41, 5.74) is 5.07. The van der Waals surface area contributed by atoms with Crippen LogP contribution in [0.5, 0.6) is 0 Å². The van der Waals surface area contributed by atoms with Crippen molar-refractivity contribution < 1.29 is 42.2 Å². The summed E-state index contributed by atoms with van der Waals surface area (Å²) >= 11 is 0. The Labute approximate surface area is 165 Å². The summed E-state index contributed by atoms with van der Waals surface area (Å²) in [5, 5.41) is 3.84. The smallest absolute Gasteiger partial charge is 1.00 e. The minimum absolute atomic E-state index is 0. The van der Waals surface area contributed by atoms with Gasteiger partial charge in [0.2, 0.25) is 0 Å². The van der Waals surface area contributed by atoms with E-state index in [9.17, 15) is 0 Å². The number of fused-ring (bicyclic) bond motifs is 2. The minimum atomic E-state index is 0. The van der Waals surface area contributed by atoms with E-state index in [1.165, 1.54) is 32.8 Å². The number of para-hydroxylation sites is 1. The van der Waals surface area contributed by atoms with Crippen LogP contribution in [-0.2, 0) is 23.8 Å². The van der Waals surface area contributed by atoms with Crippen molar-refractivity contribution in [1.29, 1.82) is 0 Å². The van der Waals surface area contributed by atoms with Crippen molar-refractivity contribution in [2.75, 3.05) is 0 Å². The predicted octanol–water partition coefficient (Wildman–Crippen LogP) is -0.658. The maximum Gasteiger partial charge on any atom is 3.00 e. The SMILES string of the molecule is CCc1cc2ccccc2[c-]1-c1cccc2cccnc12.[Cl-].[Cl-].[Cr+3]. The maximum absolute atomic E-state index is 4.62. The van der Waals surface area contributed by atoms with Crippen LogP contribution in [0, 0.1) is 0 Å². The van der Waals surface area contributed by atoms with Gasteiger partial charge in [0.25, 0.3) is 0 Å². The zero-order chi connectivity index (χ0) is 14.2. The van der Waals surface area contributed by atoms with Gasteiger partial charge in [-0.05, 0) is 17.9 Å².